The summed E-state index contributed by atoms with van der Waals surface area (Å²) in [4.78, 5) is 0. The summed E-state index contributed by atoms with van der Waals surface area (Å²) in [5.74, 6) is -0.532. The van der Waals surface area contributed by atoms with E-state index in [0.717, 1.165) is 14.6 Å². The molecule has 2 aromatic rings. The average molecular weight is 370 g/mol. The molecule has 0 spiro atoms. The molecule has 2 nitrogen and oxygen atoms in total. The topological polar surface area (TPSA) is 35.8 Å². The van der Waals surface area contributed by atoms with Crippen LogP contribution in [0.2, 0.25) is 0 Å². The molecule has 0 aliphatic carbocycles. The summed E-state index contributed by atoms with van der Waals surface area (Å²) in [6.07, 6.45) is 0. The van der Waals surface area contributed by atoms with E-state index in [-0.39, 0.29) is 5.56 Å². The zero-order valence-corrected chi connectivity index (χ0v) is 12.2. The number of nitrogens with one attached hydrogen (secondary N) is 1. The van der Waals surface area contributed by atoms with Crippen LogP contribution in [-0.2, 0) is 0 Å². The molecule has 0 aliphatic heterocycles. The first-order chi connectivity index (χ1) is 8.61. The van der Waals surface area contributed by atoms with Crippen LogP contribution < -0.4 is 5.32 Å². The third kappa shape index (κ3) is 2.71. The Labute approximate surface area is 121 Å². The van der Waals surface area contributed by atoms with Gasteiger partial charge in [0.05, 0.1) is 11.4 Å². The zero-order valence-electron chi connectivity index (χ0n) is 9.05. The average Bonchev–Trinajstić information content (AvgIpc) is 2.33. The van der Waals surface area contributed by atoms with Crippen LogP contribution in [0.5, 0.6) is 0 Å². The van der Waals surface area contributed by atoms with Gasteiger partial charge in [0.25, 0.3) is 0 Å². The van der Waals surface area contributed by atoms with Crippen molar-refractivity contribution in [1.82, 2.24) is 0 Å². The second kappa shape index (κ2) is 5.51. The van der Waals surface area contributed by atoms with Crippen LogP contribution in [0.3, 0.4) is 0 Å². The number of anilines is 2. The van der Waals surface area contributed by atoms with E-state index < -0.39 is 5.82 Å². The van der Waals surface area contributed by atoms with Gasteiger partial charge in [-0.25, -0.2) is 4.39 Å². The third-order valence-corrected chi connectivity index (χ3v) is 3.48. The van der Waals surface area contributed by atoms with Crippen molar-refractivity contribution in [3.05, 3.63) is 56.7 Å². The van der Waals surface area contributed by atoms with E-state index in [1.54, 1.807) is 12.1 Å². The first kappa shape index (κ1) is 13.1. The van der Waals surface area contributed by atoms with Crippen molar-refractivity contribution in [2.75, 3.05) is 5.32 Å². The van der Waals surface area contributed by atoms with Gasteiger partial charge in [0.2, 0.25) is 0 Å². The summed E-state index contributed by atoms with van der Waals surface area (Å²) in [7, 11) is 0. The number of halogens is 3. The highest BCUT2D eigenvalue weighted by Gasteiger charge is 2.09. The van der Waals surface area contributed by atoms with Crippen molar-refractivity contribution in [3.63, 3.8) is 0 Å². The van der Waals surface area contributed by atoms with Crippen LogP contribution in [-0.4, -0.2) is 0 Å². The summed E-state index contributed by atoms with van der Waals surface area (Å²) in [6.45, 7) is 0. The molecule has 0 heterocycles. The molecule has 90 valence electrons. The van der Waals surface area contributed by atoms with E-state index in [1.165, 1.54) is 6.07 Å². The molecule has 0 aromatic heterocycles. The monoisotopic (exact) mass is 368 g/mol. The molecule has 0 unspecified atom stereocenters. The van der Waals surface area contributed by atoms with E-state index in [2.05, 4.69) is 37.2 Å². The largest absolute Gasteiger partial charge is 0.353 e. The van der Waals surface area contributed by atoms with Crippen molar-refractivity contribution in [2.45, 2.75) is 0 Å². The van der Waals surface area contributed by atoms with Gasteiger partial charge >= 0.3 is 0 Å². The van der Waals surface area contributed by atoms with Gasteiger partial charge in [-0.3, -0.25) is 0 Å². The minimum atomic E-state index is -0.532. The Kier molecular flexibility index (Phi) is 4.00. The zero-order chi connectivity index (χ0) is 13.1. The van der Waals surface area contributed by atoms with Crippen molar-refractivity contribution in [1.29, 1.82) is 5.26 Å². The Morgan fingerprint density at radius 3 is 2.56 bits per heavy atom. The summed E-state index contributed by atoms with van der Waals surface area (Å²) in [5.41, 5.74) is 1.22. The molecule has 1 N–H and O–H groups in total. The van der Waals surface area contributed by atoms with E-state index in [9.17, 15) is 4.39 Å². The number of rotatable bonds is 2. The molecule has 0 amide bonds. The fraction of sp³-hybridized carbons (Fsp3) is 0. The Balaban J connectivity index is 2.41. The summed E-state index contributed by atoms with van der Waals surface area (Å²) < 4.78 is 15.2. The number of hydrogen-bond acceptors (Lipinski definition) is 2. The van der Waals surface area contributed by atoms with Crippen molar-refractivity contribution >= 4 is 43.2 Å². The standard InChI is InChI=1S/C13H7Br2FN2/c14-8-4-5-13(10(15)6-8)18-12-3-1-2-11(16)9(12)7-17/h1-6,18H. The lowest BCUT2D eigenvalue weighted by molar-refractivity contribution is 0.624. The summed E-state index contributed by atoms with van der Waals surface area (Å²) >= 11 is 6.75. The lowest BCUT2D eigenvalue weighted by atomic mass is 10.1. The molecule has 18 heavy (non-hydrogen) atoms. The van der Waals surface area contributed by atoms with E-state index in [0.29, 0.717) is 5.69 Å². The highest BCUT2D eigenvalue weighted by Crippen LogP contribution is 2.30. The molecule has 0 atom stereocenters. The molecule has 0 saturated carbocycles. The van der Waals surface area contributed by atoms with Gasteiger partial charge in [0, 0.05) is 8.95 Å². The van der Waals surface area contributed by atoms with Gasteiger partial charge in [-0.15, -0.1) is 0 Å². The lowest BCUT2D eigenvalue weighted by Gasteiger charge is -2.10. The molecular weight excluding hydrogens is 363 g/mol. The maximum absolute atomic E-state index is 13.4. The SMILES string of the molecule is N#Cc1c(F)cccc1Nc1ccc(Br)cc1Br. The van der Waals surface area contributed by atoms with Gasteiger partial charge in [0.1, 0.15) is 17.4 Å². The molecule has 0 bridgehead atoms. The summed E-state index contributed by atoms with van der Waals surface area (Å²) in [5, 5.41) is 12.0. The van der Waals surface area contributed by atoms with E-state index in [1.807, 2.05) is 24.3 Å². The van der Waals surface area contributed by atoms with Crippen molar-refractivity contribution in [2.24, 2.45) is 0 Å². The minimum Gasteiger partial charge on any atom is -0.353 e. The first-order valence-corrected chi connectivity index (χ1v) is 6.61. The number of nitrogens with zero attached hydrogens (tertiary/aromatic N) is 1. The minimum absolute atomic E-state index is 0.00678. The van der Waals surface area contributed by atoms with Crippen LogP contribution in [0.4, 0.5) is 15.8 Å². The molecular formula is C13H7Br2FN2. The molecule has 0 radical (unpaired) electrons. The van der Waals surface area contributed by atoms with Crippen LogP contribution in [0.25, 0.3) is 0 Å². The van der Waals surface area contributed by atoms with Crippen molar-refractivity contribution in [3.8, 4) is 6.07 Å². The molecule has 0 fully saturated rings. The van der Waals surface area contributed by atoms with Gasteiger partial charge in [-0.05, 0) is 46.3 Å². The van der Waals surface area contributed by atoms with Crippen LogP contribution in [0.15, 0.2) is 45.3 Å². The summed E-state index contributed by atoms with van der Waals surface area (Å²) in [6, 6.07) is 11.9. The van der Waals surface area contributed by atoms with Crippen LogP contribution >= 0.6 is 31.9 Å². The predicted molar refractivity (Wildman–Crippen MR) is 76.2 cm³/mol. The van der Waals surface area contributed by atoms with E-state index >= 15 is 0 Å². The Morgan fingerprint density at radius 2 is 1.89 bits per heavy atom. The fourth-order valence-corrected chi connectivity index (χ4v) is 2.62. The smallest absolute Gasteiger partial charge is 0.143 e. The maximum atomic E-state index is 13.4. The quantitative estimate of drug-likeness (QED) is 0.811. The second-order valence-electron chi connectivity index (χ2n) is 3.52. The third-order valence-electron chi connectivity index (χ3n) is 2.33. The van der Waals surface area contributed by atoms with E-state index in [4.69, 9.17) is 5.26 Å². The second-order valence-corrected chi connectivity index (χ2v) is 5.29. The number of benzene rings is 2. The molecule has 0 saturated heterocycles. The first-order valence-electron chi connectivity index (χ1n) is 5.02. The molecule has 2 aromatic carbocycles. The van der Waals surface area contributed by atoms with Gasteiger partial charge in [-0.2, -0.15) is 5.26 Å². The fourth-order valence-electron chi connectivity index (χ4n) is 1.48. The lowest BCUT2D eigenvalue weighted by Crippen LogP contribution is -1.96. The van der Waals surface area contributed by atoms with Crippen molar-refractivity contribution < 1.29 is 4.39 Å². The highest BCUT2D eigenvalue weighted by molar-refractivity contribution is 9.11. The van der Waals surface area contributed by atoms with Crippen LogP contribution in [0, 0.1) is 17.1 Å². The van der Waals surface area contributed by atoms with Gasteiger partial charge < -0.3 is 5.32 Å². The number of nitriles is 1. The molecule has 5 heteroatoms. The normalized spacial score (nSPS) is 9.89. The Hall–Kier alpha value is -1.38. The predicted octanol–water partition coefficient (Wildman–Crippen LogP) is 4.97. The maximum Gasteiger partial charge on any atom is 0.143 e. The Bertz CT molecular complexity index is 635. The van der Waals surface area contributed by atoms with Gasteiger partial charge in [0.15, 0.2) is 0 Å². The molecule has 2 rings (SSSR count). The van der Waals surface area contributed by atoms with Crippen LogP contribution in [0.1, 0.15) is 5.56 Å². The number of hydrogen-bond donors (Lipinski definition) is 1. The Morgan fingerprint density at radius 1 is 1.11 bits per heavy atom. The molecule has 0 aliphatic rings. The highest BCUT2D eigenvalue weighted by atomic mass is 79.9. The van der Waals surface area contributed by atoms with Gasteiger partial charge in [-0.1, -0.05) is 22.0 Å².